The number of rotatable bonds is 5. The Bertz CT molecular complexity index is 860. The molecule has 0 saturated carbocycles. The number of ether oxygens (including phenoxy) is 1. The van der Waals surface area contributed by atoms with Crippen LogP contribution in [0.4, 0.5) is 0 Å². The van der Waals surface area contributed by atoms with E-state index in [1.807, 2.05) is 54.6 Å². The number of carbonyl (C=O) groups is 1. The second-order valence-corrected chi connectivity index (χ2v) is 5.58. The van der Waals surface area contributed by atoms with Gasteiger partial charge < -0.3 is 14.3 Å². The molecule has 24 heavy (non-hydrogen) atoms. The van der Waals surface area contributed by atoms with Crippen LogP contribution in [-0.2, 0) is 4.79 Å². The third kappa shape index (κ3) is 3.14. The molecule has 0 radical (unpaired) electrons. The van der Waals surface area contributed by atoms with Gasteiger partial charge in [0.25, 0.3) is 0 Å². The van der Waals surface area contributed by atoms with Gasteiger partial charge in [-0.1, -0.05) is 42.5 Å². The SMILES string of the molecule is COc1cccc(-c2nc(C(S)C(=O)O)oc2-c2ccccc2)c1. The normalized spacial score (nSPS) is 11.9. The predicted octanol–water partition coefficient (Wildman–Crippen LogP) is 4.07. The summed E-state index contributed by atoms with van der Waals surface area (Å²) in [5.74, 6) is 0.106. The summed E-state index contributed by atoms with van der Waals surface area (Å²) in [5.41, 5.74) is 2.13. The van der Waals surface area contributed by atoms with Gasteiger partial charge in [0.05, 0.1) is 7.11 Å². The highest BCUT2D eigenvalue weighted by atomic mass is 32.1. The van der Waals surface area contributed by atoms with E-state index in [0.717, 1.165) is 11.1 Å². The van der Waals surface area contributed by atoms with Gasteiger partial charge in [0.1, 0.15) is 11.4 Å². The van der Waals surface area contributed by atoms with E-state index in [0.29, 0.717) is 17.2 Å². The Morgan fingerprint density at radius 2 is 1.88 bits per heavy atom. The lowest BCUT2D eigenvalue weighted by Crippen LogP contribution is -2.05. The van der Waals surface area contributed by atoms with E-state index in [9.17, 15) is 4.79 Å². The van der Waals surface area contributed by atoms with Gasteiger partial charge in [-0.05, 0) is 12.1 Å². The Balaban J connectivity index is 2.17. The Kier molecular flexibility index (Phi) is 4.57. The van der Waals surface area contributed by atoms with Crippen molar-refractivity contribution in [3.8, 4) is 28.3 Å². The van der Waals surface area contributed by atoms with Crippen molar-refractivity contribution in [2.24, 2.45) is 0 Å². The molecule has 1 heterocycles. The lowest BCUT2D eigenvalue weighted by atomic mass is 10.1. The molecule has 1 aromatic heterocycles. The van der Waals surface area contributed by atoms with Gasteiger partial charge in [-0.2, -0.15) is 12.6 Å². The van der Waals surface area contributed by atoms with E-state index in [1.165, 1.54) is 0 Å². The van der Waals surface area contributed by atoms with Gasteiger partial charge >= 0.3 is 5.97 Å². The minimum absolute atomic E-state index is 0.0440. The van der Waals surface area contributed by atoms with Gasteiger partial charge in [0.15, 0.2) is 11.0 Å². The van der Waals surface area contributed by atoms with Crippen molar-refractivity contribution in [3.63, 3.8) is 0 Å². The summed E-state index contributed by atoms with van der Waals surface area (Å²) < 4.78 is 11.0. The van der Waals surface area contributed by atoms with Crippen LogP contribution in [0.15, 0.2) is 59.0 Å². The summed E-state index contributed by atoms with van der Waals surface area (Å²) in [7, 11) is 1.58. The van der Waals surface area contributed by atoms with E-state index in [4.69, 9.17) is 14.3 Å². The molecule has 0 bridgehead atoms. The highest BCUT2D eigenvalue weighted by Gasteiger charge is 2.25. The molecule has 0 spiro atoms. The number of nitrogens with zero attached hydrogens (tertiary/aromatic N) is 1. The number of oxazole rings is 1. The molecule has 0 fully saturated rings. The van der Waals surface area contributed by atoms with E-state index < -0.39 is 11.2 Å². The summed E-state index contributed by atoms with van der Waals surface area (Å²) in [6.07, 6.45) is 0. The van der Waals surface area contributed by atoms with E-state index in [2.05, 4.69) is 17.6 Å². The molecule has 6 heteroatoms. The van der Waals surface area contributed by atoms with Crippen molar-refractivity contribution in [1.82, 2.24) is 4.98 Å². The summed E-state index contributed by atoms with van der Waals surface area (Å²) in [5, 5.41) is 8.03. The molecular formula is C18H15NO4S. The van der Waals surface area contributed by atoms with Crippen LogP contribution in [0.3, 0.4) is 0 Å². The van der Waals surface area contributed by atoms with Crippen molar-refractivity contribution in [1.29, 1.82) is 0 Å². The van der Waals surface area contributed by atoms with Gasteiger partial charge in [-0.15, -0.1) is 0 Å². The van der Waals surface area contributed by atoms with E-state index in [1.54, 1.807) is 7.11 Å². The van der Waals surface area contributed by atoms with E-state index in [-0.39, 0.29) is 5.89 Å². The van der Waals surface area contributed by atoms with Gasteiger partial charge in [0.2, 0.25) is 5.89 Å². The standard InChI is InChI=1S/C18H15NO4S/c1-22-13-9-5-8-12(10-13)14-15(11-6-3-2-4-7-11)23-17(19-14)16(24)18(20)21/h2-10,16,24H,1H3,(H,20,21). The molecule has 5 nitrogen and oxygen atoms in total. The van der Waals surface area contributed by atoms with Crippen LogP contribution in [0.2, 0.25) is 0 Å². The van der Waals surface area contributed by atoms with Crippen LogP contribution in [0, 0.1) is 0 Å². The number of carboxylic acid groups (broad SMARTS) is 1. The van der Waals surface area contributed by atoms with Crippen molar-refractivity contribution in [2.75, 3.05) is 7.11 Å². The average Bonchev–Trinajstić information content (AvgIpc) is 3.07. The monoisotopic (exact) mass is 341 g/mol. The first-order valence-corrected chi connectivity index (χ1v) is 7.73. The van der Waals surface area contributed by atoms with Crippen molar-refractivity contribution >= 4 is 18.6 Å². The second-order valence-electron chi connectivity index (χ2n) is 5.07. The summed E-state index contributed by atoms with van der Waals surface area (Å²) in [4.78, 5) is 15.6. The largest absolute Gasteiger partial charge is 0.497 e. The Morgan fingerprint density at radius 3 is 2.54 bits per heavy atom. The zero-order valence-corrected chi connectivity index (χ0v) is 13.7. The molecule has 1 N–H and O–H groups in total. The molecule has 2 aromatic carbocycles. The van der Waals surface area contributed by atoms with Gasteiger partial charge in [-0.25, -0.2) is 4.98 Å². The van der Waals surface area contributed by atoms with Crippen LogP contribution in [0.1, 0.15) is 11.1 Å². The van der Waals surface area contributed by atoms with Gasteiger partial charge in [0, 0.05) is 11.1 Å². The molecule has 1 atom stereocenters. The number of hydrogen-bond donors (Lipinski definition) is 2. The van der Waals surface area contributed by atoms with Crippen LogP contribution < -0.4 is 4.74 Å². The van der Waals surface area contributed by atoms with Crippen molar-refractivity contribution in [2.45, 2.75) is 5.25 Å². The fourth-order valence-corrected chi connectivity index (χ4v) is 2.42. The second kappa shape index (κ2) is 6.80. The van der Waals surface area contributed by atoms with E-state index >= 15 is 0 Å². The smallest absolute Gasteiger partial charge is 0.325 e. The molecule has 122 valence electrons. The Morgan fingerprint density at radius 1 is 1.17 bits per heavy atom. The molecule has 0 aliphatic heterocycles. The first kappa shape index (κ1) is 16.1. The van der Waals surface area contributed by atoms with Crippen LogP contribution in [0.25, 0.3) is 22.6 Å². The van der Waals surface area contributed by atoms with Crippen LogP contribution >= 0.6 is 12.6 Å². The molecule has 0 aliphatic rings. The van der Waals surface area contributed by atoms with Crippen LogP contribution in [-0.4, -0.2) is 23.2 Å². The maximum atomic E-state index is 11.2. The highest BCUT2D eigenvalue weighted by molar-refractivity contribution is 7.81. The molecule has 0 amide bonds. The number of aliphatic carboxylic acids is 1. The third-order valence-corrected chi connectivity index (χ3v) is 3.93. The number of hydrogen-bond acceptors (Lipinski definition) is 5. The quantitative estimate of drug-likeness (QED) is 0.684. The molecule has 1 unspecified atom stereocenters. The minimum atomic E-state index is -1.13. The maximum absolute atomic E-state index is 11.2. The molecule has 0 saturated heterocycles. The maximum Gasteiger partial charge on any atom is 0.325 e. The Labute approximate surface area is 144 Å². The fraction of sp³-hybridized carbons (Fsp3) is 0.111. The average molecular weight is 341 g/mol. The first-order chi connectivity index (χ1) is 11.6. The first-order valence-electron chi connectivity index (χ1n) is 7.21. The number of methoxy groups -OCH3 is 1. The minimum Gasteiger partial charge on any atom is -0.497 e. The number of carboxylic acids is 1. The lowest BCUT2D eigenvalue weighted by Gasteiger charge is -2.04. The van der Waals surface area contributed by atoms with Crippen molar-refractivity contribution in [3.05, 3.63) is 60.5 Å². The zero-order valence-electron chi connectivity index (χ0n) is 12.8. The summed E-state index contributed by atoms with van der Waals surface area (Å²) in [6, 6.07) is 16.8. The molecule has 3 rings (SSSR count). The third-order valence-electron chi connectivity index (χ3n) is 3.49. The zero-order chi connectivity index (χ0) is 17.1. The Hall–Kier alpha value is -2.73. The molecular weight excluding hydrogens is 326 g/mol. The van der Waals surface area contributed by atoms with Crippen molar-refractivity contribution < 1.29 is 19.1 Å². The summed E-state index contributed by atoms with van der Waals surface area (Å²) >= 11 is 4.06. The topological polar surface area (TPSA) is 72.6 Å². The summed E-state index contributed by atoms with van der Waals surface area (Å²) in [6.45, 7) is 0. The fourth-order valence-electron chi connectivity index (χ4n) is 2.31. The number of aromatic nitrogens is 1. The number of thiol groups is 1. The lowest BCUT2D eigenvalue weighted by molar-refractivity contribution is -0.136. The van der Waals surface area contributed by atoms with Crippen LogP contribution in [0.5, 0.6) is 5.75 Å². The molecule has 0 aliphatic carbocycles. The highest BCUT2D eigenvalue weighted by Crippen LogP contribution is 2.36. The number of benzene rings is 2. The van der Waals surface area contributed by atoms with Gasteiger partial charge in [-0.3, -0.25) is 4.79 Å². The predicted molar refractivity (Wildman–Crippen MR) is 93.3 cm³/mol. The molecule has 3 aromatic rings.